The van der Waals surface area contributed by atoms with Crippen LogP contribution in [0, 0.1) is 5.82 Å². The van der Waals surface area contributed by atoms with Crippen LogP contribution in [0.3, 0.4) is 0 Å². The normalized spacial score (nSPS) is 14.4. The van der Waals surface area contributed by atoms with Crippen molar-refractivity contribution in [2.45, 2.75) is 44.9 Å². The maximum absolute atomic E-state index is 14.1. The molecular weight excluding hydrogens is 419 g/mol. The Hall–Kier alpha value is -2.31. The Morgan fingerprint density at radius 2 is 2.00 bits per heavy atom. The minimum atomic E-state index is -0.258. The van der Waals surface area contributed by atoms with Crippen LogP contribution in [0.15, 0.2) is 34.9 Å². The highest BCUT2D eigenvalue weighted by molar-refractivity contribution is 5.85. The van der Waals surface area contributed by atoms with Gasteiger partial charge in [-0.15, -0.1) is 12.4 Å². The molecule has 0 unspecified atom stereocenters. The summed E-state index contributed by atoms with van der Waals surface area (Å²) in [6, 6.07) is 9.05. The predicted molar refractivity (Wildman–Crippen MR) is 122 cm³/mol. The number of hydrogen-bond donors (Lipinski definition) is 1. The number of nitrogens with zero attached hydrogens (tertiary/aromatic N) is 1. The van der Waals surface area contributed by atoms with E-state index in [1.54, 1.807) is 13.2 Å². The summed E-state index contributed by atoms with van der Waals surface area (Å²) in [7, 11) is 1.68. The summed E-state index contributed by atoms with van der Waals surface area (Å²) in [6.07, 6.45) is 4.44. The third kappa shape index (κ3) is 5.31. The fourth-order valence-electron chi connectivity index (χ4n) is 4.29. The van der Waals surface area contributed by atoms with Gasteiger partial charge in [-0.3, -0.25) is 0 Å². The Balaban J connectivity index is 0.00000272. The number of halogens is 2. The molecule has 1 N–H and O–H groups in total. The second-order valence-electron chi connectivity index (χ2n) is 7.80. The number of aromatic nitrogens is 1. The van der Waals surface area contributed by atoms with Crippen molar-refractivity contribution in [1.29, 1.82) is 0 Å². The molecule has 2 heterocycles. The third-order valence-corrected chi connectivity index (χ3v) is 5.89. The minimum absolute atomic E-state index is 0. The van der Waals surface area contributed by atoms with Crippen LogP contribution in [0.4, 0.5) is 4.39 Å². The molecule has 1 saturated heterocycles. The van der Waals surface area contributed by atoms with Crippen LogP contribution >= 0.6 is 12.4 Å². The smallest absolute Gasteiger partial charge is 0.170 e. The van der Waals surface area contributed by atoms with E-state index in [0.29, 0.717) is 18.1 Å². The summed E-state index contributed by atoms with van der Waals surface area (Å²) in [5.74, 6) is 1.73. The second-order valence-corrected chi connectivity index (χ2v) is 7.80. The first-order chi connectivity index (χ1) is 14.7. The van der Waals surface area contributed by atoms with Crippen molar-refractivity contribution in [3.63, 3.8) is 0 Å². The van der Waals surface area contributed by atoms with Gasteiger partial charge in [-0.1, -0.05) is 18.1 Å². The predicted octanol–water partition coefficient (Wildman–Crippen LogP) is 5.44. The summed E-state index contributed by atoms with van der Waals surface area (Å²) in [5, 5.41) is 8.61. The number of piperidine rings is 1. The van der Waals surface area contributed by atoms with Crippen LogP contribution in [-0.4, -0.2) is 32.0 Å². The molecule has 3 aromatic rings. The summed E-state index contributed by atoms with van der Waals surface area (Å²) >= 11 is 0. The Labute approximate surface area is 188 Å². The molecule has 0 amide bonds. The summed E-state index contributed by atoms with van der Waals surface area (Å²) in [4.78, 5) is 0. The Morgan fingerprint density at radius 1 is 1.19 bits per heavy atom. The van der Waals surface area contributed by atoms with E-state index in [1.165, 1.54) is 6.07 Å². The Morgan fingerprint density at radius 3 is 2.74 bits per heavy atom. The molecule has 2 aromatic carbocycles. The first-order valence-electron chi connectivity index (χ1n) is 10.8. The molecule has 4 rings (SSSR count). The highest BCUT2D eigenvalue weighted by Gasteiger charge is 2.22. The number of rotatable bonds is 8. The van der Waals surface area contributed by atoms with Gasteiger partial charge in [0.25, 0.3) is 0 Å². The molecular formula is C24H30ClFN2O3. The molecule has 0 spiro atoms. The van der Waals surface area contributed by atoms with Crippen LogP contribution in [-0.2, 0) is 12.8 Å². The van der Waals surface area contributed by atoms with Crippen molar-refractivity contribution in [2.24, 2.45) is 0 Å². The van der Waals surface area contributed by atoms with Crippen LogP contribution in [0.5, 0.6) is 11.5 Å². The van der Waals surface area contributed by atoms with Crippen LogP contribution < -0.4 is 14.8 Å². The summed E-state index contributed by atoms with van der Waals surface area (Å²) < 4.78 is 31.0. The fourth-order valence-corrected chi connectivity index (χ4v) is 4.29. The molecule has 168 valence electrons. The summed E-state index contributed by atoms with van der Waals surface area (Å²) in [6.45, 7) is 4.58. The van der Waals surface area contributed by atoms with Gasteiger partial charge < -0.3 is 19.3 Å². The fraction of sp³-hybridized carbons (Fsp3) is 0.458. The topological polar surface area (TPSA) is 56.5 Å². The average molecular weight is 449 g/mol. The molecule has 31 heavy (non-hydrogen) atoms. The standard InChI is InChI=1S/C24H29FN2O3.ClH/c1-3-16-6-7-19(15-22(16)28-2)29-12-4-5-21-24-20(17-8-10-26-11-9-17)13-18(25)14-23(24)30-27-21;/h6-7,13-15,17,26H,3-5,8-12H2,1-2H3;1H. The third-order valence-electron chi connectivity index (χ3n) is 5.89. The van der Waals surface area contributed by atoms with Gasteiger partial charge in [-0.2, -0.15) is 0 Å². The lowest BCUT2D eigenvalue weighted by Gasteiger charge is -2.23. The SMILES string of the molecule is CCc1ccc(OCCCc2noc3cc(F)cc(C4CCNCC4)c23)cc1OC.Cl. The van der Waals surface area contributed by atoms with Gasteiger partial charge in [-0.25, -0.2) is 4.39 Å². The highest BCUT2D eigenvalue weighted by atomic mass is 35.5. The number of aryl methyl sites for hydroxylation is 2. The van der Waals surface area contributed by atoms with Crippen molar-refractivity contribution in [3.05, 3.63) is 53.0 Å². The zero-order chi connectivity index (χ0) is 20.9. The van der Waals surface area contributed by atoms with Crippen LogP contribution in [0.25, 0.3) is 11.0 Å². The van der Waals surface area contributed by atoms with Gasteiger partial charge in [0.15, 0.2) is 5.58 Å². The molecule has 1 aliphatic rings. The number of hydrogen-bond acceptors (Lipinski definition) is 5. The maximum Gasteiger partial charge on any atom is 0.170 e. The number of ether oxygens (including phenoxy) is 2. The maximum atomic E-state index is 14.1. The van der Waals surface area contributed by atoms with Gasteiger partial charge in [0.2, 0.25) is 0 Å². The van der Waals surface area contributed by atoms with E-state index in [0.717, 1.165) is 78.9 Å². The quantitative estimate of drug-likeness (QED) is 0.465. The number of fused-ring (bicyclic) bond motifs is 1. The Kier molecular flexibility index (Phi) is 8.15. The molecule has 0 aliphatic carbocycles. The van der Waals surface area contributed by atoms with Gasteiger partial charge >= 0.3 is 0 Å². The van der Waals surface area contributed by atoms with Gasteiger partial charge in [-0.05, 0) is 74.4 Å². The molecule has 0 radical (unpaired) electrons. The second kappa shape index (κ2) is 10.8. The van der Waals surface area contributed by atoms with Gasteiger partial charge in [0, 0.05) is 17.5 Å². The van der Waals surface area contributed by atoms with E-state index in [4.69, 9.17) is 14.0 Å². The molecule has 0 saturated carbocycles. The largest absolute Gasteiger partial charge is 0.496 e. The molecule has 0 bridgehead atoms. The van der Waals surface area contributed by atoms with E-state index >= 15 is 0 Å². The minimum Gasteiger partial charge on any atom is -0.496 e. The van der Waals surface area contributed by atoms with E-state index in [9.17, 15) is 4.39 Å². The van der Waals surface area contributed by atoms with Crippen molar-refractivity contribution in [3.8, 4) is 11.5 Å². The molecule has 1 aromatic heterocycles. The van der Waals surface area contributed by atoms with E-state index in [2.05, 4.69) is 17.4 Å². The monoisotopic (exact) mass is 448 g/mol. The van der Waals surface area contributed by atoms with Crippen LogP contribution in [0.2, 0.25) is 0 Å². The lowest BCUT2D eigenvalue weighted by molar-refractivity contribution is 0.306. The number of nitrogens with one attached hydrogen (secondary N) is 1. The first kappa shape index (κ1) is 23.4. The van der Waals surface area contributed by atoms with Gasteiger partial charge in [0.05, 0.1) is 19.4 Å². The zero-order valence-electron chi connectivity index (χ0n) is 18.1. The molecule has 5 nitrogen and oxygen atoms in total. The molecule has 1 fully saturated rings. The lowest BCUT2D eigenvalue weighted by atomic mass is 9.87. The van der Waals surface area contributed by atoms with Crippen LogP contribution in [0.1, 0.15) is 48.9 Å². The Bertz CT molecular complexity index is 1000. The van der Waals surface area contributed by atoms with E-state index < -0.39 is 0 Å². The van der Waals surface area contributed by atoms with E-state index in [-0.39, 0.29) is 18.2 Å². The average Bonchev–Trinajstić information content (AvgIpc) is 3.19. The zero-order valence-corrected chi connectivity index (χ0v) is 18.9. The first-order valence-corrected chi connectivity index (χ1v) is 10.8. The van der Waals surface area contributed by atoms with Crippen molar-refractivity contribution in [1.82, 2.24) is 10.5 Å². The van der Waals surface area contributed by atoms with E-state index in [1.807, 2.05) is 18.2 Å². The highest BCUT2D eigenvalue weighted by Crippen LogP contribution is 2.34. The van der Waals surface area contributed by atoms with Crippen molar-refractivity contribution >= 4 is 23.4 Å². The lowest BCUT2D eigenvalue weighted by Crippen LogP contribution is -2.26. The number of benzene rings is 2. The summed E-state index contributed by atoms with van der Waals surface area (Å²) in [5.41, 5.74) is 3.63. The van der Waals surface area contributed by atoms with Gasteiger partial charge in [0.1, 0.15) is 17.3 Å². The number of methoxy groups -OCH3 is 1. The van der Waals surface area contributed by atoms with Crippen molar-refractivity contribution in [2.75, 3.05) is 26.8 Å². The molecule has 7 heteroatoms. The van der Waals surface area contributed by atoms with Crippen molar-refractivity contribution < 1.29 is 18.4 Å². The molecule has 0 atom stereocenters. The molecule has 1 aliphatic heterocycles.